The van der Waals surface area contributed by atoms with Crippen LogP contribution in [0.4, 0.5) is 4.79 Å². The number of benzene rings is 1. The number of aliphatic imine (C=N–C) groups is 1. The summed E-state index contributed by atoms with van der Waals surface area (Å²) in [5.74, 6) is 0.822. The molecule has 0 saturated carbocycles. The van der Waals surface area contributed by atoms with Crippen molar-refractivity contribution >= 4 is 22.8 Å². The Bertz CT molecular complexity index is 779. The summed E-state index contributed by atoms with van der Waals surface area (Å²) in [6.07, 6.45) is 1.59. The predicted octanol–water partition coefficient (Wildman–Crippen LogP) is 2.08. The van der Waals surface area contributed by atoms with E-state index in [-0.39, 0.29) is 6.09 Å². The molecule has 0 atom stereocenters. The lowest BCUT2D eigenvalue weighted by atomic mass is 10.1. The van der Waals surface area contributed by atoms with Crippen molar-refractivity contribution in [3.05, 3.63) is 42.2 Å². The number of carbonyl (C=O) groups is 1. The van der Waals surface area contributed by atoms with Crippen molar-refractivity contribution in [1.29, 1.82) is 0 Å². The average Bonchev–Trinajstić information content (AvgIpc) is 2.69. The molecule has 138 valence electrons. The second kappa shape index (κ2) is 8.51. The van der Waals surface area contributed by atoms with E-state index in [2.05, 4.69) is 32.3 Å². The van der Waals surface area contributed by atoms with Crippen LogP contribution in [0.5, 0.6) is 0 Å². The van der Waals surface area contributed by atoms with E-state index in [4.69, 9.17) is 4.74 Å². The molecule has 1 aliphatic rings. The highest BCUT2D eigenvalue weighted by Gasteiger charge is 2.23. The van der Waals surface area contributed by atoms with Crippen LogP contribution in [0.1, 0.15) is 12.6 Å². The van der Waals surface area contributed by atoms with E-state index < -0.39 is 0 Å². The van der Waals surface area contributed by atoms with Crippen molar-refractivity contribution in [2.45, 2.75) is 13.5 Å². The number of amides is 1. The highest BCUT2D eigenvalue weighted by Crippen LogP contribution is 2.16. The van der Waals surface area contributed by atoms with Crippen LogP contribution >= 0.6 is 0 Å². The molecule has 1 aliphatic heterocycles. The molecule has 7 nitrogen and oxygen atoms in total. The maximum atomic E-state index is 11.8. The fourth-order valence-electron chi connectivity index (χ4n) is 3.13. The van der Waals surface area contributed by atoms with Gasteiger partial charge in [-0.3, -0.25) is 9.98 Å². The molecule has 7 heteroatoms. The number of nitrogens with one attached hydrogen (secondary N) is 1. The van der Waals surface area contributed by atoms with E-state index in [0.29, 0.717) is 26.2 Å². The lowest BCUT2D eigenvalue weighted by molar-refractivity contribution is 0.0914. The topological polar surface area (TPSA) is 70.1 Å². The normalized spacial score (nSPS) is 15.2. The molecule has 0 bridgehead atoms. The molecule has 2 heterocycles. The molecule has 2 aromatic rings. The molecular weight excluding hydrogens is 330 g/mol. The van der Waals surface area contributed by atoms with Gasteiger partial charge in [0.25, 0.3) is 0 Å². The first kappa shape index (κ1) is 18.0. The smallest absolute Gasteiger partial charge is 0.409 e. The fraction of sp³-hybridized carbons (Fsp3) is 0.421. The van der Waals surface area contributed by atoms with Crippen molar-refractivity contribution in [1.82, 2.24) is 20.1 Å². The Labute approximate surface area is 153 Å². The summed E-state index contributed by atoms with van der Waals surface area (Å²) in [7, 11) is 1.77. The number of nitrogens with zero attached hydrogens (tertiary/aromatic N) is 4. The molecule has 1 aromatic heterocycles. The standard InChI is InChI=1S/C19H25N5O2/c1-3-26-19(25)24-12-10-23(11-13-24)18(20-2)22-14-17-16-7-5-4-6-15(16)8-9-21-17/h4-9H,3,10-14H2,1-2H3,(H,20,22). The van der Waals surface area contributed by atoms with E-state index in [9.17, 15) is 4.79 Å². The average molecular weight is 355 g/mol. The van der Waals surface area contributed by atoms with Crippen LogP contribution in [-0.2, 0) is 11.3 Å². The molecule has 1 fully saturated rings. The van der Waals surface area contributed by atoms with Gasteiger partial charge in [-0.15, -0.1) is 0 Å². The number of carbonyl (C=O) groups excluding carboxylic acids is 1. The Morgan fingerprint density at radius 1 is 1.19 bits per heavy atom. The number of ether oxygens (including phenoxy) is 1. The lowest BCUT2D eigenvalue weighted by Crippen LogP contribution is -2.53. The van der Waals surface area contributed by atoms with Gasteiger partial charge in [-0.1, -0.05) is 24.3 Å². The zero-order chi connectivity index (χ0) is 18.4. The fourth-order valence-corrected chi connectivity index (χ4v) is 3.13. The number of fused-ring (bicyclic) bond motifs is 1. The summed E-state index contributed by atoms with van der Waals surface area (Å²) >= 11 is 0. The maximum Gasteiger partial charge on any atom is 0.409 e. The third-order valence-electron chi connectivity index (χ3n) is 4.49. The van der Waals surface area contributed by atoms with Crippen molar-refractivity contribution in [2.24, 2.45) is 4.99 Å². The first-order chi connectivity index (χ1) is 12.7. The number of rotatable bonds is 3. The van der Waals surface area contributed by atoms with Gasteiger partial charge in [0, 0.05) is 44.8 Å². The molecule has 1 saturated heterocycles. The predicted molar refractivity (Wildman–Crippen MR) is 102 cm³/mol. The second-order valence-corrected chi connectivity index (χ2v) is 6.05. The summed E-state index contributed by atoms with van der Waals surface area (Å²) in [5.41, 5.74) is 0.995. The van der Waals surface area contributed by atoms with Crippen LogP contribution in [0, 0.1) is 0 Å². The highest BCUT2D eigenvalue weighted by molar-refractivity contribution is 5.85. The van der Waals surface area contributed by atoms with Crippen LogP contribution < -0.4 is 5.32 Å². The van der Waals surface area contributed by atoms with E-state index >= 15 is 0 Å². The third-order valence-corrected chi connectivity index (χ3v) is 4.49. The van der Waals surface area contributed by atoms with Crippen LogP contribution in [0.2, 0.25) is 0 Å². The Morgan fingerprint density at radius 3 is 2.65 bits per heavy atom. The molecule has 26 heavy (non-hydrogen) atoms. The maximum absolute atomic E-state index is 11.8. The van der Waals surface area contributed by atoms with E-state index in [1.165, 1.54) is 5.39 Å². The Morgan fingerprint density at radius 2 is 1.92 bits per heavy atom. The second-order valence-electron chi connectivity index (χ2n) is 6.05. The first-order valence-corrected chi connectivity index (χ1v) is 8.93. The minimum atomic E-state index is -0.241. The number of hydrogen-bond donors (Lipinski definition) is 1. The van der Waals surface area contributed by atoms with Gasteiger partial charge >= 0.3 is 6.09 Å². The van der Waals surface area contributed by atoms with Crippen LogP contribution in [0.15, 0.2) is 41.5 Å². The lowest BCUT2D eigenvalue weighted by Gasteiger charge is -2.35. The third kappa shape index (κ3) is 4.04. The molecule has 0 aliphatic carbocycles. The molecule has 1 N–H and O–H groups in total. The molecule has 0 unspecified atom stereocenters. The quantitative estimate of drug-likeness (QED) is 0.674. The van der Waals surface area contributed by atoms with Crippen molar-refractivity contribution in [3.63, 3.8) is 0 Å². The largest absolute Gasteiger partial charge is 0.450 e. The summed E-state index contributed by atoms with van der Waals surface area (Å²) in [4.78, 5) is 24.6. The number of aromatic nitrogens is 1. The van der Waals surface area contributed by atoms with Gasteiger partial charge in [-0.05, 0) is 18.4 Å². The van der Waals surface area contributed by atoms with Crippen LogP contribution in [0.25, 0.3) is 10.8 Å². The summed E-state index contributed by atoms with van der Waals surface area (Å²) in [5, 5.41) is 5.72. The SMILES string of the molecule is CCOC(=O)N1CCN(C(=NC)NCc2nccc3ccccc23)CC1. The minimum Gasteiger partial charge on any atom is -0.450 e. The zero-order valence-electron chi connectivity index (χ0n) is 15.3. The van der Waals surface area contributed by atoms with Crippen molar-refractivity contribution in [2.75, 3.05) is 39.8 Å². The van der Waals surface area contributed by atoms with Crippen molar-refractivity contribution < 1.29 is 9.53 Å². The van der Waals surface area contributed by atoms with Gasteiger partial charge in [0.15, 0.2) is 5.96 Å². The summed E-state index contributed by atoms with van der Waals surface area (Å²) < 4.78 is 5.06. The summed E-state index contributed by atoms with van der Waals surface area (Å²) in [6.45, 7) is 5.54. The highest BCUT2D eigenvalue weighted by atomic mass is 16.6. The molecule has 3 rings (SSSR count). The van der Waals surface area contributed by atoms with Gasteiger partial charge in [-0.2, -0.15) is 0 Å². The number of pyridine rings is 1. The van der Waals surface area contributed by atoms with E-state index in [0.717, 1.165) is 30.1 Å². The number of guanidine groups is 1. The first-order valence-electron chi connectivity index (χ1n) is 8.93. The molecular formula is C19H25N5O2. The van der Waals surface area contributed by atoms with Crippen molar-refractivity contribution in [3.8, 4) is 0 Å². The van der Waals surface area contributed by atoms with Gasteiger partial charge in [0.05, 0.1) is 18.8 Å². The Balaban J connectivity index is 1.60. The number of piperazine rings is 1. The minimum absolute atomic E-state index is 0.241. The van der Waals surface area contributed by atoms with Crippen LogP contribution in [0.3, 0.4) is 0 Å². The van der Waals surface area contributed by atoms with E-state index in [1.807, 2.05) is 31.3 Å². The molecule has 1 aromatic carbocycles. The Kier molecular flexibility index (Phi) is 5.88. The molecule has 1 amide bonds. The van der Waals surface area contributed by atoms with Gasteiger partial charge in [0.1, 0.15) is 0 Å². The molecule has 0 spiro atoms. The monoisotopic (exact) mass is 355 g/mol. The summed E-state index contributed by atoms with van der Waals surface area (Å²) in [6, 6.07) is 10.2. The number of hydrogen-bond acceptors (Lipinski definition) is 4. The van der Waals surface area contributed by atoms with Gasteiger partial charge < -0.3 is 19.9 Å². The Hall–Kier alpha value is -2.83. The van der Waals surface area contributed by atoms with Gasteiger partial charge in [-0.25, -0.2) is 4.79 Å². The van der Waals surface area contributed by atoms with Gasteiger partial charge in [0.2, 0.25) is 0 Å². The van der Waals surface area contributed by atoms with E-state index in [1.54, 1.807) is 11.9 Å². The van der Waals surface area contributed by atoms with Crippen LogP contribution in [-0.4, -0.2) is 66.7 Å². The molecule has 0 radical (unpaired) electrons. The zero-order valence-corrected chi connectivity index (χ0v) is 15.3.